The molecule has 0 spiro atoms. The molecule has 2 aromatic carbocycles. The third kappa shape index (κ3) is 4.50. The van der Waals surface area contributed by atoms with Crippen LogP contribution in [0.1, 0.15) is 30.1 Å². The molecule has 2 aromatic heterocycles. The predicted molar refractivity (Wildman–Crippen MR) is 123 cm³/mol. The number of carbonyl (C=O) groups excluding carboxylic acids is 1. The van der Waals surface area contributed by atoms with Crippen LogP contribution in [0, 0.1) is 5.82 Å². The molecule has 1 aliphatic rings. The summed E-state index contributed by atoms with van der Waals surface area (Å²) in [6, 6.07) is 20.0. The number of hydrogen-bond donors (Lipinski definition) is 2. The summed E-state index contributed by atoms with van der Waals surface area (Å²) in [5.41, 5.74) is 2.64. The molecular weight excluding hydrogens is 421 g/mol. The first-order valence-corrected chi connectivity index (χ1v) is 11.0. The van der Waals surface area contributed by atoms with Crippen LogP contribution < -0.4 is 10.1 Å². The second-order valence-electron chi connectivity index (χ2n) is 8.01. The molecule has 1 fully saturated rings. The molecule has 2 N–H and O–H groups in total. The number of fused-ring (bicyclic) bond motifs is 1. The van der Waals surface area contributed by atoms with Gasteiger partial charge in [-0.3, -0.25) is 9.89 Å². The predicted octanol–water partition coefficient (Wildman–Crippen LogP) is 4.45. The van der Waals surface area contributed by atoms with E-state index in [1.54, 1.807) is 17.0 Å². The number of para-hydroxylation sites is 1. The van der Waals surface area contributed by atoms with Crippen LogP contribution in [0.2, 0.25) is 0 Å². The van der Waals surface area contributed by atoms with Crippen molar-refractivity contribution in [2.75, 3.05) is 18.5 Å². The average molecular weight is 445 g/mol. The Kier molecular flexibility index (Phi) is 5.89. The molecule has 0 aliphatic carbocycles. The Hall–Kier alpha value is -3.94. The maximum atomic E-state index is 13.8. The third-order valence-electron chi connectivity index (χ3n) is 5.85. The number of aromatic nitrogens is 3. The molecule has 1 aliphatic heterocycles. The topological polar surface area (TPSA) is 83.1 Å². The highest BCUT2D eigenvalue weighted by atomic mass is 19.1. The van der Waals surface area contributed by atoms with E-state index in [9.17, 15) is 9.18 Å². The summed E-state index contributed by atoms with van der Waals surface area (Å²) in [6.45, 7) is 1.07. The number of carbonyl (C=O) groups is 1. The van der Waals surface area contributed by atoms with Crippen LogP contribution >= 0.6 is 0 Å². The Balaban J connectivity index is 1.27. The van der Waals surface area contributed by atoms with Gasteiger partial charge in [0.25, 0.3) is 5.91 Å². The van der Waals surface area contributed by atoms with E-state index >= 15 is 0 Å². The van der Waals surface area contributed by atoms with E-state index in [2.05, 4.69) is 27.6 Å². The fourth-order valence-electron chi connectivity index (χ4n) is 4.18. The SMILES string of the molecule is O=C(COc1ccccc1F)N1CCCC1c1ccc2c(NCc3ccccc3)n[nH]c2n1. The molecule has 0 saturated carbocycles. The average Bonchev–Trinajstić information content (AvgIpc) is 3.50. The molecule has 0 radical (unpaired) electrons. The summed E-state index contributed by atoms with van der Waals surface area (Å²) in [5.74, 6) is 0.156. The number of aromatic amines is 1. The second kappa shape index (κ2) is 9.28. The van der Waals surface area contributed by atoms with Crippen molar-refractivity contribution in [2.45, 2.75) is 25.4 Å². The number of nitrogens with zero attached hydrogens (tertiary/aromatic N) is 3. The molecule has 1 amide bonds. The number of H-pyrrole nitrogens is 1. The van der Waals surface area contributed by atoms with Crippen molar-refractivity contribution in [3.8, 4) is 5.75 Å². The van der Waals surface area contributed by atoms with Crippen LogP contribution in [0.15, 0.2) is 66.7 Å². The van der Waals surface area contributed by atoms with E-state index in [-0.39, 0.29) is 24.3 Å². The smallest absolute Gasteiger partial charge is 0.261 e. The number of amides is 1. The highest BCUT2D eigenvalue weighted by Gasteiger charge is 2.31. The Morgan fingerprint density at radius 1 is 1.12 bits per heavy atom. The van der Waals surface area contributed by atoms with Gasteiger partial charge in [0, 0.05) is 13.1 Å². The first-order chi connectivity index (χ1) is 16.2. The van der Waals surface area contributed by atoms with Gasteiger partial charge in [-0.25, -0.2) is 9.37 Å². The minimum absolute atomic E-state index is 0.0779. The number of halogens is 1. The largest absolute Gasteiger partial charge is 0.481 e. The molecule has 0 bridgehead atoms. The third-order valence-corrected chi connectivity index (χ3v) is 5.85. The van der Waals surface area contributed by atoms with Gasteiger partial charge < -0.3 is 15.0 Å². The monoisotopic (exact) mass is 445 g/mol. The molecule has 1 atom stereocenters. The van der Waals surface area contributed by atoms with Gasteiger partial charge in [0.1, 0.15) is 0 Å². The second-order valence-corrected chi connectivity index (χ2v) is 8.01. The number of benzene rings is 2. The Labute approximate surface area is 190 Å². The van der Waals surface area contributed by atoms with Crippen molar-refractivity contribution in [3.05, 3.63) is 83.8 Å². The fourth-order valence-corrected chi connectivity index (χ4v) is 4.18. The number of pyridine rings is 1. The number of likely N-dealkylation sites (tertiary alicyclic amines) is 1. The van der Waals surface area contributed by atoms with Gasteiger partial charge in [0.05, 0.1) is 17.1 Å². The summed E-state index contributed by atoms with van der Waals surface area (Å²) >= 11 is 0. The summed E-state index contributed by atoms with van der Waals surface area (Å²) in [4.78, 5) is 19.3. The Morgan fingerprint density at radius 2 is 1.94 bits per heavy atom. The highest BCUT2D eigenvalue weighted by Crippen LogP contribution is 2.32. The molecule has 1 unspecified atom stereocenters. The Morgan fingerprint density at radius 3 is 2.79 bits per heavy atom. The first-order valence-electron chi connectivity index (χ1n) is 11.0. The molecular formula is C25H24FN5O2. The van der Waals surface area contributed by atoms with E-state index in [4.69, 9.17) is 9.72 Å². The number of rotatable bonds is 7. The number of nitrogens with one attached hydrogen (secondary N) is 2. The molecule has 8 heteroatoms. The number of hydrogen-bond acceptors (Lipinski definition) is 5. The summed E-state index contributed by atoms with van der Waals surface area (Å²) < 4.78 is 19.2. The molecule has 3 heterocycles. The van der Waals surface area contributed by atoms with E-state index in [0.717, 1.165) is 35.3 Å². The summed E-state index contributed by atoms with van der Waals surface area (Å²) in [7, 11) is 0. The molecule has 1 saturated heterocycles. The number of anilines is 1. The zero-order chi connectivity index (χ0) is 22.6. The van der Waals surface area contributed by atoms with Gasteiger partial charge in [-0.15, -0.1) is 0 Å². The lowest BCUT2D eigenvalue weighted by Gasteiger charge is -2.24. The van der Waals surface area contributed by atoms with Crippen LogP contribution in [-0.4, -0.2) is 39.1 Å². The van der Waals surface area contributed by atoms with Crippen molar-refractivity contribution in [3.63, 3.8) is 0 Å². The normalized spacial score (nSPS) is 15.7. The zero-order valence-corrected chi connectivity index (χ0v) is 18.0. The van der Waals surface area contributed by atoms with Crippen molar-refractivity contribution in [1.29, 1.82) is 0 Å². The minimum atomic E-state index is -0.480. The zero-order valence-electron chi connectivity index (χ0n) is 18.0. The Bertz CT molecular complexity index is 1260. The lowest BCUT2D eigenvalue weighted by Crippen LogP contribution is -2.34. The van der Waals surface area contributed by atoms with Gasteiger partial charge in [-0.05, 0) is 42.7 Å². The van der Waals surface area contributed by atoms with Gasteiger partial charge in [0.2, 0.25) is 0 Å². The van der Waals surface area contributed by atoms with E-state index in [1.165, 1.54) is 12.1 Å². The van der Waals surface area contributed by atoms with Crippen LogP contribution in [-0.2, 0) is 11.3 Å². The molecule has 7 nitrogen and oxygen atoms in total. The van der Waals surface area contributed by atoms with Crippen molar-refractivity contribution < 1.29 is 13.9 Å². The standard InChI is InChI=1S/C25H24FN5O2/c26-19-9-4-5-11-22(19)33-16-23(32)31-14-6-10-21(31)20-13-12-18-24(29-30-25(18)28-20)27-15-17-7-2-1-3-8-17/h1-5,7-9,11-13,21H,6,10,14-16H2,(H2,27,28,29,30). The van der Waals surface area contributed by atoms with Gasteiger partial charge in [-0.1, -0.05) is 42.5 Å². The van der Waals surface area contributed by atoms with Gasteiger partial charge in [-0.2, -0.15) is 5.10 Å². The maximum absolute atomic E-state index is 13.8. The maximum Gasteiger partial charge on any atom is 0.261 e. The van der Waals surface area contributed by atoms with E-state index in [0.29, 0.717) is 18.7 Å². The van der Waals surface area contributed by atoms with Gasteiger partial charge in [0.15, 0.2) is 29.6 Å². The highest BCUT2D eigenvalue weighted by molar-refractivity contribution is 5.87. The molecule has 4 aromatic rings. The first kappa shape index (κ1) is 20.9. The van der Waals surface area contributed by atoms with Crippen LogP contribution in [0.5, 0.6) is 5.75 Å². The van der Waals surface area contributed by atoms with E-state index in [1.807, 2.05) is 30.3 Å². The fraction of sp³-hybridized carbons (Fsp3) is 0.240. The van der Waals surface area contributed by atoms with Crippen molar-refractivity contribution in [1.82, 2.24) is 20.1 Å². The minimum Gasteiger partial charge on any atom is -0.481 e. The van der Waals surface area contributed by atoms with Crippen LogP contribution in [0.3, 0.4) is 0 Å². The van der Waals surface area contributed by atoms with Crippen molar-refractivity contribution >= 4 is 22.8 Å². The van der Waals surface area contributed by atoms with Crippen molar-refractivity contribution in [2.24, 2.45) is 0 Å². The number of ether oxygens (including phenoxy) is 1. The molecule has 33 heavy (non-hydrogen) atoms. The van der Waals surface area contributed by atoms with Crippen LogP contribution in [0.25, 0.3) is 11.0 Å². The van der Waals surface area contributed by atoms with Gasteiger partial charge >= 0.3 is 0 Å². The molecule has 5 rings (SSSR count). The van der Waals surface area contributed by atoms with Crippen LogP contribution in [0.4, 0.5) is 10.2 Å². The summed E-state index contributed by atoms with van der Waals surface area (Å²) in [5, 5.41) is 11.6. The molecule has 168 valence electrons. The lowest BCUT2D eigenvalue weighted by molar-refractivity contribution is -0.134. The lowest BCUT2D eigenvalue weighted by atomic mass is 10.1. The summed E-state index contributed by atoms with van der Waals surface area (Å²) in [6.07, 6.45) is 1.69. The van der Waals surface area contributed by atoms with E-state index < -0.39 is 5.82 Å². The quantitative estimate of drug-likeness (QED) is 0.439.